The van der Waals surface area contributed by atoms with Crippen molar-refractivity contribution in [3.63, 3.8) is 0 Å². The molecule has 0 radical (unpaired) electrons. The van der Waals surface area contributed by atoms with Gasteiger partial charge in [-0.1, -0.05) is 13.8 Å². The largest absolute Gasteiger partial charge is 0.497 e. The van der Waals surface area contributed by atoms with Gasteiger partial charge in [0.25, 0.3) is 0 Å². The highest BCUT2D eigenvalue weighted by atomic mass is 16.5. The Balaban J connectivity index is 2.58. The molecule has 6 nitrogen and oxygen atoms in total. The van der Waals surface area contributed by atoms with Gasteiger partial charge in [-0.15, -0.1) is 0 Å². The second-order valence-electron chi connectivity index (χ2n) is 4.85. The van der Waals surface area contributed by atoms with Crippen LogP contribution in [0.4, 0.5) is 10.5 Å². The molecule has 0 fully saturated rings. The number of hydrogen-bond donors (Lipinski definition) is 3. The highest BCUT2D eigenvalue weighted by molar-refractivity contribution is 5.92. The number of amides is 2. The van der Waals surface area contributed by atoms with Crippen molar-refractivity contribution in [2.75, 3.05) is 12.4 Å². The second-order valence-corrected chi connectivity index (χ2v) is 4.85. The van der Waals surface area contributed by atoms with Crippen LogP contribution in [0.25, 0.3) is 0 Å². The number of carboxylic acid groups (broad SMARTS) is 1. The molecule has 0 saturated heterocycles. The minimum absolute atomic E-state index is 0.178. The molecule has 1 aromatic rings. The summed E-state index contributed by atoms with van der Waals surface area (Å²) in [6, 6.07) is 5.33. The number of nitrogens with one attached hydrogen (secondary N) is 2. The summed E-state index contributed by atoms with van der Waals surface area (Å²) in [5.41, 5.74) is 0.567. The lowest BCUT2D eigenvalue weighted by Crippen LogP contribution is -2.43. The number of carbonyl (C=O) groups is 2. The van der Waals surface area contributed by atoms with E-state index in [1.807, 2.05) is 13.8 Å². The van der Waals surface area contributed by atoms with Gasteiger partial charge < -0.3 is 20.5 Å². The zero-order valence-electron chi connectivity index (χ0n) is 11.8. The van der Waals surface area contributed by atoms with Gasteiger partial charge in [-0.25, -0.2) is 9.59 Å². The maximum atomic E-state index is 11.7. The minimum atomic E-state index is -1.04. The van der Waals surface area contributed by atoms with E-state index >= 15 is 0 Å². The molecule has 0 bridgehead atoms. The Morgan fingerprint density at radius 2 is 1.85 bits per heavy atom. The van der Waals surface area contributed by atoms with Crippen molar-refractivity contribution < 1.29 is 19.4 Å². The number of benzene rings is 1. The molecule has 2 amide bonds. The Labute approximate surface area is 118 Å². The molecule has 0 aliphatic heterocycles. The van der Waals surface area contributed by atoms with E-state index in [0.717, 1.165) is 0 Å². The predicted octanol–water partition coefficient (Wildman–Crippen LogP) is 2.32. The Bertz CT molecular complexity index is 457. The second kappa shape index (κ2) is 7.37. The lowest BCUT2D eigenvalue weighted by molar-refractivity contribution is -0.139. The summed E-state index contributed by atoms with van der Waals surface area (Å²) < 4.78 is 5.01. The van der Waals surface area contributed by atoms with Crippen molar-refractivity contribution in [1.29, 1.82) is 0 Å². The highest BCUT2D eigenvalue weighted by Crippen LogP contribution is 2.15. The van der Waals surface area contributed by atoms with Crippen LogP contribution in [0.1, 0.15) is 20.3 Å². The Morgan fingerprint density at radius 1 is 1.25 bits per heavy atom. The molecule has 1 atom stereocenters. The molecule has 0 saturated carbocycles. The van der Waals surface area contributed by atoms with E-state index in [0.29, 0.717) is 17.9 Å². The van der Waals surface area contributed by atoms with Gasteiger partial charge in [-0.05, 0) is 36.6 Å². The lowest BCUT2D eigenvalue weighted by atomic mass is 10.0. The molecule has 0 aromatic heterocycles. The Morgan fingerprint density at radius 3 is 2.30 bits per heavy atom. The average Bonchev–Trinajstić information content (AvgIpc) is 2.38. The molecular formula is C14H20N2O4. The summed E-state index contributed by atoms with van der Waals surface area (Å²) in [6.45, 7) is 3.80. The monoisotopic (exact) mass is 280 g/mol. The number of aliphatic carboxylic acids is 1. The normalized spacial score (nSPS) is 11.8. The fourth-order valence-corrected chi connectivity index (χ4v) is 1.69. The number of rotatable bonds is 6. The van der Waals surface area contributed by atoms with Crippen LogP contribution in [0.2, 0.25) is 0 Å². The first-order chi connectivity index (χ1) is 9.42. The molecule has 1 aromatic carbocycles. The number of carbonyl (C=O) groups excluding carboxylic acids is 1. The van der Waals surface area contributed by atoms with Crippen LogP contribution in [-0.4, -0.2) is 30.3 Å². The summed E-state index contributed by atoms with van der Waals surface area (Å²) in [5.74, 6) is -0.180. The maximum absolute atomic E-state index is 11.7. The molecule has 1 rings (SSSR count). The van der Waals surface area contributed by atoms with Crippen LogP contribution in [0.5, 0.6) is 5.75 Å². The summed E-state index contributed by atoms with van der Waals surface area (Å²) >= 11 is 0. The SMILES string of the molecule is COc1ccc(NC(=O)N[C@@H](CC(C)C)C(=O)O)cc1. The van der Waals surface area contributed by atoms with Crippen molar-refractivity contribution >= 4 is 17.7 Å². The van der Waals surface area contributed by atoms with Gasteiger partial charge >= 0.3 is 12.0 Å². The third-order valence-electron chi connectivity index (χ3n) is 2.66. The van der Waals surface area contributed by atoms with Crippen LogP contribution < -0.4 is 15.4 Å². The molecule has 110 valence electrons. The van der Waals surface area contributed by atoms with Crippen molar-refractivity contribution in [3.05, 3.63) is 24.3 Å². The number of hydrogen-bond acceptors (Lipinski definition) is 3. The van der Waals surface area contributed by atoms with E-state index in [1.54, 1.807) is 31.4 Å². The van der Waals surface area contributed by atoms with Gasteiger partial charge in [0.15, 0.2) is 0 Å². The standard InChI is InChI=1S/C14H20N2O4/c1-9(2)8-12(13(17)18)16-14(19)15-10-4-6-11(20-3)7-5-10/h4-7,9,12H,8H2,1-3H3,(H,17,18)(H2,15,16,19)/t12-/m0/s1. The maximum Gasteiger partial charge on any atom is 0.326 e. The van der Waals surface area contributed by atoms with Gasteiger partial charge in [0.2, 0.25) is 0 Å². The molecule has 0 spiro atoms. The van der Waals surface area contributed by atoms with Crippen LogP contribution >= 0.6 is 0 Å². The fraction of sp³-hybridized carbons (Fsp3) is 0.429. The predicted molar refractivity (Wildman–Crippen MR) is 76.0 cm³/mol. The van der Waals surface area contributed by atoms with E-state index in [9.17, 15) is 9.59 Å². The summed E-state index contributed by atoms with van der Waals surface area (Å²) in [6.07, 6.45) is 0.380. The van der Waals surface area contributed by atoms with Gasteiger partial charge in [0.1, 0.15) is 11.8 Å². The first-order valence-electron chi connectivity index (χ1n) is 6.36. The molecule has 6 heteroatoms. The topological polar surface area (TPSA) is 87.7 Å². The quantitative estimate of drug-likeness (QED) is 0.746. The number of carboxylic acids is 1. The molecule has 3 N–H and O–H groups in total. The first-order valence-corrected chi connectivity index (χ1v) is 6.36. The highest BCUT2D eigenvalue weighted by Gasteiger charge is 2.20. The molecule has 0 heterocycles. The zero-order chi connectivity index (χ0) is 15.1. The fourth-order valence-electron chi connectivity index (χ4n) is 1.69. The third kappa shape index (κ3) is 5.17. The first kappa shape index (κ1) is 15.8. The number of urea groups is 1. The van der Waals surface area contributed by atoms with Crippen molar-refractivity contribution in [3.8, 4) is 5.75 Å². The number of methoxy groups -OCH3 is 1. The minimum Gasteiger partial charge on any atom is -0.497 e. The van der Waals surface area contributed by atoms with E-state index in [2.05, 4.69) is 10.6 Å². The summed E-state index contributed by atoms with van der Waals surface area (Å²) in [5, 5.41) is 14.1. The molecule has 0 aliphatic rings. The molecular weight excluding hydrogens is 260 g/mol. The number of ether oxygens (including phenoxy) is 1. The van der Waals surface area contributed by atoms with Gasteiger partial charge in [-0.2, -0.15) is 0 Å². The average molecular weight is 280 g/mol. The van der Waals surface area contributed by atoms with Gasteiger partial charge in [0, 0.05) is 5.69 Å². The Kier molecular flexibility index (Phi) is 5.83. The Hall–Kier alpha value is -2.24. The van der Waals surface area contributed by atoms with Crippen LogP contribution in [0, 0.1) is 5.92 Å². The van der Waals surface area contributed by atoms with E-state index < -0.39 is 18.0 Å². The summed E-state index contributed by atoms with van der Waals surface area (Å²) in [7, 11) is 1.55. The van der Waals surface area contributed by atoms with Crippen molar-refractivity contribution in [1.82, 2.24) is 5.32 Å². The van der Waals surface area contributed by atoms with Crippen molar-refractivity contribution in [2.45, 2.75) is 26.3 Å². The molecule has 20 heavy (non-hydrogen) atoms. The zero-order valence-corrected chi connectivity index (χ0v) is 11.8. The third-order valence-corrected chi connectivity index (χ3v) is 2.66. The van der Waals surface area contributed by atoms with Gasteiger partial charge in [0.05, 0.1) is 7.11 Å². The van der Waals surface area contributed by atoms with Crippen molar-refractivity contribution in [2.24, 2.45) is 5.92 Å². The molecule has 0 aliphatic carbocycles. The van der Waals surface area contributed by atoms with Crippen LogP contribution in [-0.2, 0) is 4.79 Å². The summed E-state index contributed by atoms with van der Waals surface area (Å²) in [4.78, 5) is 22.8. The smallest absolute Gasteiger partial charge is 0.326 e. The van der Waals surface area contributed by atoms with E-state index in [4.69, 9.17) is 9.84 Å². The lowest BCUT2D eigenvalue weighted by Gasteiger charge is -2.17. The van der Waals surface area contributed by atoms with Crippen LogP contribution in [0.3, 0.4) is 0 Å². The van der Waals surface area contributed by atoms with Gasteiger partial charge in [-0.3, -0.25) is 0 Å². The van der Waals surface area contributed by atoms with E-state index in [1.165, 1.54) is 0 Å². The van der Waals surface area contributed by atoms with E-state index in [-0.39, 0.29) is 5.92 Å². The van der Waals surface area contributed by atoms with Crippen LogP contribution in [0.15, 0.2) is 24.3 Å². The molecule has 0 unspecified atom stereocenters. The number of anilines is 1.